The zero-order valence-corrected chi connectivity index (χ0v) is 15.0. The van der Waals surface area contributed by atoms with Gasteiger partial charge in [0.25, 0.3) is 0 Å². The van der Waals surface area contributed by atoms with E-state index in [-0.39, 0.29) is 30.3 Å². The number of nitrogens with one attached hydrogen (secondary N) is 2. The Morgan fingerprint density at radius 3 is 2.79 bits per heavy atom. The average Bonchev–Trinajstić information content (AvgIpc) is 2.86. The van der Waals surface area contributed by atoms with Crippen molar-refractivity contribution >= 4 is 35.6 Å². The third-order valence-corrected chi connectivity index (χ3v) is 5.22. The Balaban J connectivity index is 0.00000208. The second-order valence-electron chi connectivity index (χ2n) is 6.89. The maximum Gasteiger partial charge on any atom is 0.245 e. The Morgan fingerprint density at radius 1 is 1.46 bits per heavy atom. The molecule has 1 aliphatic carbocycles. The number of carbonyl (C=O) groups is 2. The molecule has 0 bridgehead atoms. The highest BCUT2D eigenvalue weighted by atomic mass is 35.5. The zero-order chi connectivity index (χ0) is 16.8. The van der Waals surface area contributed by atoms with Gasteiger partial charge in [0.15, 0.2) is 0 Å². The molecular formula is C17H24ClN3O3. The minimum Gasteiger partial charge on any atom is -0.378 e. The van der Waals surface area contributed by atoms with Gasteiger partial charge in [-0.1, -0.05) is 13.8 Å². The van der Waals surface area contributed by atoms with Crippen molar-refractivity contribution in [3.63, 3.8) is 0 Å². The van der Waals surface area contributed by atoms with Crippen LogP contribution >= 0.6 is 12.4 Å². The third-order valence-electron chi connectivity index (χ3n) is 5.22. The van der Waals surface area contributed by atoms with E-state index in [1.807, 2.05) is 26.8 Å². The summed E-state index contributed by atoms with van der Waals surface area (Å²) in [5.41, 5.74) is 7.33. The van der Waals surface area contributed by atoms with Crippen molar-refractivity contribution in [3.05, 3.63) is 23.8 Å². The predicted octanol–water partition coefficient (Wildman–Crippen LogP) is 2.07. The molecule has 2 unspecified atom stereocenters. The lowest BCUT2D eigenvalue weighted by Gasteiger charge is -2.57. The highest BCUT2D eigenvalue weighted by Crippen LogP contribution is 2.50. The molecule has 2 amide bonds. The molecule has 1 heterocycles. The maximum atomic E-state index is 12.7. The molecule has 1 aromatic carbocycles. The second kappa shape index (κ2) is 6.35. The van der Waals surface area contributed by atoms with Gasteiger partial charge in [0.2, 0.25) is 11.8 Å². The van der Waals surface area contributed by atoms with Crippen molar-refractivity contribution in [2.24, 2.45) is 11.1 Å². The van der Waals surface area contributed by atoms with E-state index in [1.54, 1.807) is 12.1 Å². The van der Waals surface area contributed by atoms with Crippen LogP contribution in [0.4, 0.5) is 11.4 Å². The van der Waals surface area contributed by atoms with Crippen LogP contribution in [0, 0.1) is 5.41 Å². The molecule has 4 N–H and O–H groups in total. The fourth-order valence-electron chi connectivity index (χ4n) is 3.37. The summed E-state index contributed by atoms with van der Waals surface area (Å²) in [6, 6.07) is 5.39. The maximum absolute atomic E-state index is 12.7. The van der Waals surface area contributed by atoms with Crippen LogP contribution in [0.15, 0.2) is 18.2 Å². The molecule has 6 nitrogen and oxygen atoms in total. The summed E-state index contributed by atoms with van der Waals surface area (Å²) in [5.74, 6) is -0.242. The highest BCUT2D eigenvalue weighted by molar-refractivity contribution is 6.02. The first kappa shape index (κ1) is 18.7. The molecule has 7 heteroatoms. The minimum absolute atomic E-state index is 0. The number of rotatable bonds is 4. The molecule has 0 aromatic heterocycles. The number of benzene rings is 1. The van der Waals surface area contributed by atoms with Crippen molar-refractivity contribution in [1.82, 2.24) is 0 Å². The van der Waals surface area contributed by atoms with Crippen LogP contribution < -0.4 is 16.4 Å². The molecule has 0 radical (unpaired) electrons. The normalized spacial score (nSPS) is 26.7. The van der Waals surface area contributed by atoms with Crippen LogP contribution in [-0.2, 0) is 20.7 Å². The van der Waals surface area contributed by atoms with Crippen LogP contribution in [0.5, 0.6) is 0 Å². The molecule has 1 aromatic rings. The fourth-order valence-corrected chi connectivity index (χ4v) is 3.37. The van der Waals surface area contributed by atoms with Crippen LogP contribution in [0.2, 0.25) is 0 Å². The zero-order valence-electron chi connectivity index (χ0n) is 14.1. The summed E-state index contributed by atoms with van der Waals surface area (Å²) < 4.78 is 5.66. The molecule has 2 atom stereocenters. The first-order chi connectivity index (χ1) is 10.8. The summed E-state index contributed by atoms with van der Waals surface area (Å²) in [6.45, 7) is 6.47. The summed E-state index contributed by atoms with van der Waals surface area (Å²) in [7, 11) is 0. The van der Waals surface area contributed by atoms with Crippen LogP contribution in [0.25, 0.3) is 0 Å². The number of fused-ring (bicyclic) bond motifs is 1. The molecular weight excluding hydrogens is 330 g/mol. The smallest absolute Gasteiger partial charge is 0.245 e. The third kappa shape index (κ3) is 2.79. The quantitative estimate of drug-likeness (QED) is 0.772. The van der Waals surface area contributed by atoms with Gasteiger partial charge in [0.05, 0.1) is 12.5 Å². The SMILES string of the molecule is CCOC1CC(N)(C(=O)Nc2ccc3c(c2)CC(=O)N3)C1(C)C.Cl. The number of anilines is 2. The molecule has 0 saturated heterocycles. The minimum atomic E-state index is -0.958. The Hall–Kier alpha value is -1.63. The van der Waals surface area contributed by atoms with Gasteiger partial charge in [-0.15, -0.1) is 12.4 Å². The molecule has 1 fully saturated rings. The Labute approximate surface area is 147 Å². The standard InChI is InChI=1S/C17H23N3O3.ClH/c1-4-23-13-9-17(18,16(13,2)3)15(22)19-11-5-6-12-10(7-11)8-14(21)20-12;/h5-7,13H,4,8-9,18H2,1-3H3,(H,19,22)(H,20,21);1H. The summed E-state index contributed by atoms with van der Waals surface area (Å²) in [4.78, 5) is 24.1. The monoisotopic (exact) mass is 353 g/mol. The lowest BCUT2D eigenvalue weighted by molar-refractivity contribution is -0.166. The first-order valence-electron chi connectivity index (χ1n) is 7.92. The number of halogens is 1. The van der Waals surface area contributed by atoms with Gasteiger partial charge >= 0.3 is 0 Å². The molecule has 132 valence electrons. The van der Waals surface area contributed by atoms with Gasteiger partial charge in [-0.2, -0.15) is 0 Å². The molecule has 24 heavy (non-hydrogen) atoms. The number of ether oxygens (including phenoxy) is 1. The van der Waals surface area contributed by atoms with Gasteiger partial charge in [0, 0.05) is 29.8 Å². The molecule has 1 aliphatic heterocycles. The number of carbonyl (C=O) groups excluding carboxylic acids is 2. The van der Waals surface area contributed by atoms with E-state index in [9.17, 15) is 9.59 Å². The van der Waals surface area contributed by atoms with Crippen molar-refractivity contribution in [1.29, 1.82) is 0 Å². The van der Waals surface area contributed by atoms with Crippen molar-refractivity contribution in [3.8, 4) is 0 Å². The van der Waals surface area contributed by atoms with Crippen LogP contribution in [0.3, 0.4) is 0 Å². The van der Waals surface area contributed by atoms with Gasteiger partial charge < -0.3 is 21.1 Å². The number of hydrogen-bond donors (Lipinski definition) is 3. The van der Waals surface area contributed by atoms with E-state index in [4.69, 9.17) is 10.5 Å². The second-order valence-corrected chi connectivity index (χ2v) is 6.89. The summed E-state index contributed by atoms with van der Waals surface area (Å²) in [6.07, 6.45) is 0.833. The van der Waals surface area contributed by atoms with Gasteiger partial charge in [-0.05, 0) is 30.7 Å². The number of amides is 2. The average molecular weight is 354 g/mol. The van der Waals surface area contributed by atoms with E-state index >= 15 is 0 Å². The molecule has 3 rings (SSSR count). The Bertz CT molecular complexity index is 677. The predicted molar refractivity (Wildman–Crippen MR) is 95.4 cm³/mol. The van der Waals surface area contributed by atoms with Crippen LogP contribution in [-0.4, -0.2) is 30.1 Å². The van der Waals surface area contributed by atoms with Crippen molar-refractivity contribution in [2.75, 3.05) is 17.2 Å². The lowest BCUT2D eigenvalue weighted by atomic mass is 9.54. The van der Waals surface area contributed by atoms with Gasteiger partial charge in [-0.3, -0.25) is 9.59 Å². The van der Waals surface area contributed by atoms with E-state index in [0.717, 1.165) is 11.3 Å². The molecule has 1 saturated carbocycles. The Kier molecular flexibility index (Phi) is 4.95. The highest BCUT2D eigenvalue weighted by Gasteiger charge is 2.62. The molecule has 0 spiro atoms. The van der Waals surface area contributed by atoms with E-state index in [0.29, 0.717) is 25.1 Å². The van der Waals surface area contributed by atoms with Crippen molar-refractivity contribution in [2.45, 2.75) is 45.3 Å². The van der Waals surface area contributed by atoms with E-state index < -0.39 is 11.0 Å². The van der Waals surface area contributed by atoms with Gasteiger partial charge in [0.1, 0.15) is 5.54 Å². The Morgan fingerprint density at radius 2 is 2.17 bits per heavy atom. The van der Waals surface area contributed by atoms with Gasteiger partial charge in [-0.25, -0.2) is 0 Å². The van der Waals surface area contributed by atoms with Crippen molar-refractivity contribution < 1.29 is 14.3 Å². The van der Waals surface area contributed by atoms with E-state index in [2.05, 4.69) is 10.6 Å². The number of hydrogen-bond acceptors (Lipinski definition) is 4. The lowest BCUT2D eigenvalue weighted by Crippen LogP contribution is -2.74. The summed E-state index contributed by atoms with van der Waals surface area (Å²) in [5, 5.41) is 5.66. The van der Waals surface area contributed by atoms with E-state index in [1.165, 1.54) is 0 Å². The first-order valence-corrected chi connectivity index (χ1v) is 7.92. The topological polar surface area (TPSA) is 93.4 Å². The molecule has 2 aliphatic rings. The summed E-state index contributed by atoms with van der Waals surface area (Å²) >= 11 is 0. The fraction of sp³-hybridized carbons (Fsp3) is 0.529. The van der Waals surface area contributed by atoms with Crippen LogP contribution in [0.1, 0.15) is 32.8 Å². The number of nitrogens with two attached hydrogens (primary N) is 1. The largest absolute Gasteiger partial charge is 0.378 e.